The SMILES string of the molecule is Cc1nnc(SCC(=O)Nc2sc3c(c2C#N)CCCCCC3)n1C. The van der Waals surface area contributed by atoms with Crippen molar-refractivity contribution in [3.05, 3.63) is 21.8 Å². The summed E-state index contributed by atoms with van der Waals surface area (Å²) in [5, 5.41) is 22.0. The Labute approximate surface area is 155 Å². The van der Waals surface area contributed by atoms with Gasteiger partial charge in [0.2, 0.25) is 5.91 Å². The van der Waals surface area contributed by atoms with Gasteiger partial charge >= 0.3 is 0 Å². The maximum Gasteiger partial charge on any atom is 0.235 e. The van der Waals surface area contributed by atoms with E-state index >= 15 is 0 Å². The van der Waals surface area contributed by atoms with Gasteiger partial charge in [0.1, 0.15) is 16.9 Å². The molecule has 2 aromatic heterocycles. The lowest BCUT2D eigenvalue weighted by molar-refractivity contribution is -0.113. The number of anilines is 1. The minimum Gasteiger partial charge on any atom is -0.316 e. The standard InChI is InChI=1S/C17H21N5OS2/c1-11-20-21-17(22(11)2)24-10-15(23)19-16-13(9-18)12-7-5-3-4-6-8-14(12)25-16/h3-8,10H2,1-2H3,(H,19,23). The van der Waals surface area contributed by atoms with E-state index in [9.17, 15) is 10.1 Å². The predicted octanol–water partition coefficient (Wildman–Crippen LogP) is 3.45. The van der Waals surface area contributed by atoms with Gasteiger partial charge in [-0.15, -0.1) is 21.5 Å². The number of hydrogen-bond donors (Lipinski definition) is 1. The molecule has 2 aromatic rings. The summed E-state index contributed by atoms with van der Waals surface area (Å²) >= 11 is 2.92. The zero-order chi connectivity index (χ0) is 17.8. The molecule has 132 valence electrons. The molecule has 0 aromatic carbocycles. The Morgan fingerprint density at radius 1 is 1.32 bits per heavy atom. The number of thioether (sulfide) groups is 1. The van der Waals surface area contributed by atoms with Crippen molar-refractivity contribution in [1.82, 2.24) is 14.8 Å². The second-order valence-electron chi connectivity index (χ2n) is 6.16. The number of nitrogens with zero attached hydrogens (tertiary/aromatic N) is 4. The summed E-state index contributed by atoms with van der Waals surface area (Å²) in [4.78, 5) is 13.6. The fourth-order valence-electron chi connectivity index (χ4n) is 2.93. The largest absolute Gasteiger partial charge is 0.316 e. The van der Waals surface area contributed by atoms with Crippen LogP contribution >= 0.6 is 23.1 Å². The van der Waals surface area contributed by atoms with Gasteiger partial charge in [-0.2, -0.15) is 5.26 Å². The fourth-order valence-corrected chi connectivity index (χ4v) is 4.94. The van der Waals surface area contributed by atoms with Gasteiger partial charge in [-0.1, -0.05) is 24.6 Å². The van der Waals surface area contributed by atoms with E-state index in [4.69, 9.17) is 0 Å². The molecule has 0 bridgehead atoms. The number of aryl methyl sites for hydroxylation is 2. The molecule has 0 saturated heterocycles. The van der Waals surface area contributed by atoms with Gasteiger partial charge in [0.15, 0.2) is 5.16 Å². The molecule has 8 heteroatoms. The van der Waals surface area contributed by atoms with Crippen molar-refractivity contribution >= 4 is 34.0 Å². The molecule has 1 amide bonds. The highest BCUT2D eigenvalue weighted by Crippen LogP contribution is 2.36. The number of carbonyl (C=O) groups is 1. The van der Waals surface area contributed by atoms with Gasteiger partial charge in [-0.05, 0) is 38.2 Å². The summed E-state index contributed by atoms with van der Waals surface area (Å²) in [5.41, 5.74) is 1.81. The number of thiophene rings is 1. The van der Waals surface area contributed by atoms with E-state index in [1.54, 1.807) is 11.3 Å². The molecule has 6 nitrogen and oxygen atoms in total. The zero-order valence-electron chi connectivity index (χ0n) is 14.5. The first kappa shape index (κ1) is 18.0. The third-order valence-corrected chi connectivity index (χ3v) is 6.65. The average molecular weight is 376 g/mol. The Hall–Kier alpha value is -1.85. The van der Waals surface area contributed by atoms with Crippen molar-refractivity contribution in [3.8, 4) is 6.07 Å². The summed E-state index contributed by atoms with van der Waals surface area (Å²) in [6, 6.07) is 2.31. The monoisotopic (exact) mass is 375 g/mol. The second-order valence-corrected chi connectivity index (χ2v) is 8.21. The Bertz CT molecular complexity index is 818. The number of hydrogen-bond acceptors (Lipinski definition) is 6. The van der Waals surface area contributed by atoms with Crippen LogP contribution in [0.15, 0.2) is 5.16 Å². The van der Waals surface area contributed by atoms with E-state index in [2.05, 4.69) is 21.6 Å². The molecule has 25 heavy (non-hydrogen) atoms. The Kier molecular flexibility index (Phi) is 5.76. The summed E-state index contributed by atoms with van der Waals surface area (Å²) in [6.45, 7) is 1.87. The van der Waals surface area contributed by atoms with E-state index in [1.807, 2.05) is 18.5 Å². The highest BCUT2D eigenvalue weighted by molar-refractivity contribution is 7.99. The van der Waals surface area contributed by atoms with Crippen LogP contribution < -0.4 is 5.32 Å². The zero-order valence-corrected chi connectivity index (χ0v) is 16.1. The van der Waals surface area contributed by atoms with Crippen LogP contribution in [-0.4, -0.2) is 26.4 Å². The Balaban J connectivity index is 1.69. The van der Waals surface area contributed by atoms with E-state index < -0.39 is 0 Å². The van der Waals surface area contributed by atoms with Crippen LogP contribution in [0, 0.1) is 18.3 Å². The molecule has 1 N–H and O–H groups in total. The molecular formula is C17H21N5OS2. The van der Waals surface area contributed by atoms with Crippen LogP contribution in [-0.2, 0) is 24.7 Å². The number of rotatable bonds is 4. The highest BCUT2D eigenvalue weighted by Gasteiger charge is 2.20. The lowest BCUT2D eigenvalue weighted by atomic mass is 9.97. The Morgan fingerprint density at radius 2 is 2.08 bits per heavy atom. The molecule has 0 atom stereocenters. The third kappa shape index (κ3) is 4.05. The number of aromatic nitrogens is 3. The number of nitriles is 1. The molecule has 0 radical (unpaired) electrons. The summed E-state index contributed by atoms with van der Waals surface area (Å²) < 4.78 is 1.86. The third-order valence-electron chi connectivity index (χ3n) is 4.42. The van der Waals surface area contributed by atoms with Crippen LogP contribution in [0.4, 0.5) is 5.00 Å². The smallest absolute Gasteiger partial charge is 0.235 e. The number of amides is 1. The lowest BCUT2D eigenvalue weighted by Gasteiger charge is -2.08. The first-order valence-electron chi connectivity index (χ1n) is 8.43. The van der Waals surface area contributed by atoms with Crippen LogP contribution in [0.3, 0.4) is 0 Å². The van der Waals surface area contributed by atoms with Gasteiger partial charge in [-0.3, -0.25) is 4.79 Å². The predicted molar refractivity (Wildman–Crippen MR) is 100 cm³/mol. The molecule has 0 fully saturated rings. The van der Waals surface area contributed by atoms with Crippen molar-refractivity contribution in [1.29, 1.82) is 5.26 Å². The first-order valence-corrected chi connectivity index (χ1v) is 10.2. The van der Waals surface area contributed by atoms with Gasteiger partial charge < -0.3 is 9.88 Å². The van der Waals surface area contributed by atoms with Gasteiger partial charge in [0.05, 0.1) is 11.3 Å². The maximum absolute atomic E-state index is 12.3. The summed E-state index contributed by atoms with van der Waals surface area (Å²) in [7, 11) is 1.88. The highest BCUT2D eigenvalue weighted by atomic mass is 32.2. The Morgan fingerprint density at radius 3 is 2.76 bits per heavy atom. The maximum atomic E-state index is 12.3. The number of fused-ring (bicyclic) bond motifs is 1. The van der Waals surface area contributed by atoms with E-state index in [-0.39, 0.29) is 11.7 Å². The van der Waals surface area contributed by atoms with Crippen LogP contribution in [0.2, 0.25) is 0 Å². The minimum atomic E-state index is -0.114. The number of nitrogens with one attached hydrogen (secondary N) is 1. The molecular weight excluding hydrogens is 354 g/mol. The first-order chi connectivity index (χ1) is 12.1. The summed E-state index contributed by atoms with van der Waals surface area (Å²) in [6.07, 6.45) is 6.69. The van der Waals surface area contributed by atoms with E-state index in [1.165, 1.54) is 29.5 Å². The van der Waals surface area contributed by atoms with Crippen LogP contribution in [0.25, 0.3) is 0 Å². The molecule has 0 spiro atoms. The molecule has 1 aliphatic rings. The van der Waals surface area contributed by atoms with Gasteiger partial charge in [-0.25, -0.2) is 0 Å². The lowest BCUT2D eigenvalue weighted by Crippen LogP contribution is -2.14. The molecule has 0 aliphatic heterocycles. The van der Waals surface area contributed by atoms with Gasteiger partial charge in [0, 0.05) is 11.9 Å². The molecule has 3 rings (SSSR count). The fraction of sp³-hybridized carbons (Fsp3) is 0.529. The van der Waals surface area contributed by atoms with E-state index in [0.717, 1.165) is 37.1 Å². The van der Waals surface area contributed by atoms with Crippen molar-refractivity contribution < 1.29 is 4.79 Å². The topological polar surface area (TPSA) is 83.6 Å². The molecule has 0 unspecified atom stereocenters. The molecule has 1 aliphatic carbocycles. The average Bonchev–Trinajstić information content (AvgIpc) is 3.06. The van der Waals surface area contributed by atoms with Crippen molar-refractivity contribution in [2.24, 2.45) is 7.05 Å². The molecule has 2 heterocycles. The molecule has 0 saturated carbocycles. The van der Waals surface area contributed by atoms with Crippen LogP contribution in [0.1, 0.15) is 47.5 Å². The number of carbonyl (C=O) groups excluding carboxylic acids is 1. The second kappa shape index (κ2) is 8.02. The normalized spacial score (nSPS) is 14.3. The van der Waals surface area contributed by atoms with Crippen molar-refractivity contribution in [2.45, 2.75) is 50.6 Å². The van der Waals surface area contributed by atoms with E-state index in [0.29, 0.717) is 15.7 Å². The van der Waals surface area contributed by atoms with Crippen LogP contribution in [0.5, 0.6) is 0 Å². The van der Waals surface area contributed by atoms with Gasteiger partial charge in [0.25, 0.3) is 0 Å². The summed E-state index contributed by atoms with van der Waals surface area (Å²) in [5.74, 6) is 0.948. The van der Waals surface area contributed by atoms with Crippen molar-refractivity contribution in [2.75, 3.05) is 11.1 Å². The quantitative estimate of drug-likeness (QED) is 0.828. The van der Waals surface area contributed by atoms with Crippen molar-refractivity contribution in [3.63, 3.8) is 0 Å². The minimum absolute atomic E-state index is 0.114.